The topological polar surface area (TPSA) is 119 Å². The second-order valence-corrected chi connectivity index (χ2v) is 10.0. The third kappa shape index (κ3) is 5.81. The van der Waals surface area contributed by atoms with Gasteiger partial charge in [0.05, 0.1) is 51.2 Å². The fourth-order valence-electron chi connectivity index (χ4n) is 5.16. The summed E-state index contributed by atoms with van der Waals surface area (Å²) < 4.78 is 12.7. The summed E-state index contributed by atoms with van der Waals surface area (Å²) in [4.78, 5) is 28.0. The van der Waals surface area contributed by atoms with Gasteiger partial charge in [0, 0.05) is 42.6 Å². The number of rotatable bonds is 9. The molecule has 11 nitrogen and oxygen atoms in total. The van der Waals surface area contributed by atoms with Crippen molar-refractivity contribution in [1.29, 1.82) is 0 Å². The largest absolute Gasteiger partial charge is 0.480 e. The number of fused-ring (bicyclic) bond motifs is 1. The number of ether oxygens (including phenoxy) is 2. The van der Waals surface area contributed by atoms with E-state index in [1.54, 1.807) is 25.7 Å². The number of anilines is 2. The van der Waals surface area contributed by atoms with E-state index in [0.29, 0.717) is 23.1 Å². The molecule has 0 aliphatic carbocycles. The minimum atomic E-state index is -0.529. The molecule has 0 spiro atoms. The van der Waals surface area contributed by atoms with Crippen LogP contribution >= 0.6 is 0 Å². The number of nitrogens with zero attached hydrogens (tertiary/aromatic N) is 6. The van der Waals surface area contributed by atoms with Gasteiger partial charge in [-0.3, -0.25) is 14.6 Å². The lowest BCUT2D eigenvalue weighted by atomic mass is 9.97. The van der Waals surface area contributed by atoms with Gasteiger partial charge in [-0.25, -0.2) is 9.97 Å². The van der Waals surface area contributed by atoms with E-state index in [9.17, 15) is 4.79 Å². The van der Waals surface area contributed by atoms with E-state index in [0.717, 1.165) is 79.2 Å². The number of aryl methyl sites for hydroxylation is 1. The van der Waals surface area contributed by atoms with Gasteiger partial charge in [0.1, 0.15) is 23.8 Å². The molecule has 1 unspecified atom stereocenters. The summed E-state index contributed by atoms with van der Waals surface area (Å²) in [5.41, 5.74) is 6.96. The van der Waals surface area contributed by atoms with Crippen LogP contribution in [0.5, 0.6) is 5.88 Å². The number of aromatic nitrogens is 5. The molecule has 1 saturated heterocycles. The molecule has 11 heteroatoms. The lowest BCUT2D eigenvalue weighted by Crippen LogP contribution is -2.38. The molecular formula is C30H32N8O3. The summed E-state index contributed by atoms with van der Waals surface area (Å²) in [6.07, 6.45) is 11.8. The van der Waals surface area contributed by atoms with E-state index in [1.807, 2.05) is 29.1 Å². The number of pyridine rings is 1. The first-order valence-electron chi connectivity index (χ1n) is 13.6. The first-order chi connectivity index (χ1) is 20.1. The molecule has 2 aliphatic heterocycles. The predicted octanol–water partition coefficient (Wildman–Crippen LogP) is 3.61. The Balaban J connectivity index is 1.26. The highest BCUT2D eigenvalue weighted by atomic mass is 16.5. The maximum atomic E-state index is 12.0. The molecule has 2 N–H and O–H groups in total. The molecule has 5 heterocycles. The van der Waals surface area contributed by atoms with Crippen LogP contribution in [-0.2, 0) is 16.1 Å². The molecule has 1 fully saturated rings. The Bertz CT molecular complexity index is 1580. The fourth-order valence-corrected chi connectivity index (χ4v) is 5.16. The Morgan fingerprint density at radius 1 is 1.12 bits per heavy atom. The molecule has 0 amide bonds. The predicted molar refractivity (Wildman–Crippen MR) is 156 cm³/mol. The summed E-state index contributed by atoms with van der Waals surface area (Å²) in [6, 6.07) is 7.55. The van der Waals surface area contributed by atoms with Gasteiger partial charge in [-0.2, -0.15) is 5.10 Å². The zero-order valence-electron chi connectivity index (χ0n) is 23.1. The van der Waals surface area contributed by atoms with Gasteiger partial charge in [0.15, 0.2) is 0 Å². The Morgan fingerprint density at radius 3 is 2.80 bits per heavy atom. The number of hydrogen-bond donors (Lipinski definition) is 2. The number of benzene rings is 1. The van der Waals surface area contributed by atoms with Crippen molar-refractivity contribution in [3.05, 3.63) is 71.9 Å². The van der Waals surface area contributed by atoms with Crippen molar-refractivity contribution in [2.75, 3.05) is 45.3 Å². The minimum Gasteiger partial charge on any atom is -0.480 e. The van der Waals surface area contributed by atoms with Crippen molar-refractivity contribution in [3.63, 3.8) is 0 Å². The molecule has 3 aromatic heterocycles. The van der Waals surface area contributed by atoms with Gasteiger partial charge < -0.3 is 24.9 Å². The van der Waals surface area contributed by atoms with Crippen LogP contribution in [0, 0.1) is 6.92 Å². The van der Waals surface area contributed by atoms with Gasteiger partial charge in [-0.05, 0) is 54.1 Å². The number of nitrogens with one attached hydrogen (secondary N) is 2. The lowest BCUT2D eigenvalue weighted by molar-refractivity contribution is -0.109. The Hall–Kier alpha value is -4.61. The Kier molecular flexibility index (Phi) is 7.70. The number of hydrogen-bond acceptors (Lipinski definition) is 10. The third-order valence-electron chi connectivity index (χ3n) is 7.34. The highest BCUT2D eigenvalue weighted by Gasteiger charge is 2.23. The maximum absolute atomic E-state index is 12.0. The van der Waals surface area contributed by atoms with Crippen LogP contribution in [0.1, 0.15) is 22.7 Å². The van der Waals surface area contributed by atoms with Crippen LogP contribution in [0.4, 0.5) is 11.5 Å². The lowest BCUT2D eigenvalue weighted by Gasteiger charge is -2.26. The van der Waals surface area contributed by atoms with E-state index in [2.05, 4.69) is 55.9 Å². The number of methoxy groups -OCH3 is 1. The second-order valence-electron chi connectivity index (χ2n) is 10.0. The molecule has 1 aromatic carbocycles. The van der Waals surface area contributed by atoms with Gasteiger partial charge in [0.2, 0.25) is 5.88 Å². The number of morpholine rings is 1. The molecule has 2 aliphatic rings. The molecular weight excluding hydrogens is 520 g/mol. The Labute approximate surface area is 238 Å². The summed E-state index contributed by atoms with van der Waals surface area (Å²) >= 11 is 0. The first-order valence-corrected chi connectivity index (χ1v) is 13.6. The standard InChI is InChI=1S/C30H32N8O3/c1-20-13-23(3-4-24(20)22-15-33-38(18-22)8-7-37-9-11-41-12-10-37)34-30-29-21(5-6-32-27(29)19-39)14-25(36-30)26-16-31-17-28(35-26)40-2/h3-6,13-19,27,32H,7-12H2,1-2H3,(H,34,36). The van der Waals surface area contributed by atoms with E-state index in [1.165, 1.54) is 0 Å². The van der Waals surface area contributed by atoms with Crippen LogP contribution in [0.15, 0.2) is 55.3 Å². The number of carbonyl (C=O) groups is 1. The molecule has 1 atom stereocenters. The van der Waals surface area contributed by atoms with Crippen molar-refractivity contribution in [3.8, 4) is 28.4 Å². The third-order valence-corrected chi connectivity index (χ3v) is 7.34. The zero-order chi connectivity index (χ0) is 28.2. The molecule has 0 saturated carbocycles. The Morgan fingerprint density at radius 2 is 2.00 bits per heavy atom. The summed E-state index contributed by atoms with van der Waals surface area (Å²) in [5.74, 6) is 0.967. The average Bonchev–Trinajstić information content (AvgIpc) is 3.49. The summed E-state index contributed by atoms with van der Waals surface area (Å²) in [5, 5.41) is 11.2. The molecule has 0 radical (unpaired) electrons. The van der Waals surface area contributed by atoms with Crippen LogP contribution in [0.2, 0.25) is 0 Å². The molecule has 4 aromatic rings. The molecule has 6 rings (SSSR count). The average molecular weight is 553 g/mol. The van der Waals surface area contributed by atoms with E-state index >= 15 is 0 Å². The van der Waals surface area contributed by atoms with Crippen molar-refractivity contribution in [2.45, 2.75) is 19.5 Å². The summed E-state index contributed by atoms with van der Waals surface area (Å²) in [7, 11) is 1.55. The van der Waals surface area contributed by atoms with E-state index in [-0.39, 0.29) is 0 Å². The smallest absolute Gasteiger partial charge is 0.232 e. The van der Waals surface area contributed by atoms with Gasteiger partial charge >= 0.3 is 0 Å². The molecule has 210 valence electrons. The van der Waals surface area contributed by atoms with Crippen molar-refractivity contribution < 1.29 is 14.3 Å². The van der Waals surface area contributed by atoms with Crippen molar-refractivity contribution >= 4 is 23.9 Å². The minimum absolute atomic E-state index is 0.398. The number of aldehydes is 1. The first kappa shape index (κ1) is 26.6. The summed E-state index contributed by atoms with van der Waals surface area (Å²) in [6.45, 7) is 7.40. The maximum Gasteiger partial charge on any atom is 0.232 e. The van der Waals surface area contributed by atoms with Gasteiger partial charge in [-0.15, -0.1) is 0 Å². The molecule has 41 heavy (non-hydrogen) atoms. The van der Waals surface area contributed by atoms with Gasteiger partial charge in [0.25, 0.3) is 0 Å². The zero-order valence-corrected chi connectivity index (χ0v) is 23.1. The fraction of sp³-hybridized carbons (Fsp3) is 0.300. The van der Waals surface area contributed by atoms with Crippen molar-refractivity contribution in [2.24, 2.45) is 0 Å². The van der Waals surface area contributed by atoms with Crippen molar-refractivity contribution in [1.82, 2.24) is 34.9 Å². The van der Waals surface area contributed by atoms with Crippen LogP contribution in [0.3, 0.4) is 0 Å². The van der Waals surface area contributed by atoms with Crippen LogP contribution < -0.4 is 15.4 Å². The van der Waals surface area contributed by atoms with E-state index in [4.69, 9.17) is 14.5 Å². The quantitative estimate of drug-likeness (QED) is 0.298. The monoisotopic (exact) mass is 552 g/mol. The highest BCUT2D eigenvalue weighted by Crippen LogP contribution is 2.35. The number of carbonyl (C=O) groups excluding carboxylic acids is 1. The molecule has 0 bridgehead atoms. The van der Waals surface area contributed by atoms with Gasteiger partial charge in [-0.1, -0.05) is 6.07 Å². The van der Waals surface area contributed by atoms with Crippen LogP contribution in [-0.4, -0.2) is 75.9 Å². The normalized spacial score (nSPS) is 16.6. The SMILES string of the molecule is COc1cncc(-c2cc3c(c(Nc4ccc(-c5cnn(CCN6CCOCC6)c5)c(C)c4)n2)C(C=O)NC=C3)n1. The second kappa shape index (κ2) is 11.9. The van der Waals surface area contributed by atoms with E-state index < -0.39 is 6.04 Å². The highest BCUT2D eigenvalue weighted by molar-refractivity contribution is 5.80. The van der Waals surface area contributed by atoms with Crippen LogP contribution in [0.25, 0.3) is 28.6 Å².